The zero-order chi connectivity index (χ0) is 6.65. The lowest BCUT2D eigenvalue weighted by Gasteiger charge is -2.52. The van der Waals surface area contributed by atoms with E-state index in [1.807, 2.05) is 7.05 Å². The van der Waals surface area contributed by atoms with Gasteiger partial charge in [-0.3, -0.25) is 4.90 Å². The van der Waals surface area contributed by atoms with Gasteiger partial charge in [-0.05, 0) is 7.05 Å². The highest BCUT2D eigenvalue weighted by Gasteiger charge is 2.55. The zero-order valence-corrected chi connectivity index (χ0v) is 6.06. The van der Waals surface area contributed by atoms with E-state index in [9.17, 15) is 8.42 Å². The molecule has 2 atom stereocenters. The van der Waals surface area contributed by atoms with E-state index in [0.717, 1.165) is 6.54 Å². The van der Waals surface area contributed by atoms with Crippen molar-refractivity contribution in [1.82, 2.24) is 4.90 Å². The maximum atomic E-state index is 10.8. The molecule has 2 heterocycles. The molecule has 9 heavy (non-hydrogen) atoms. The van der Waals surface area contributed by atoms with Crippen molar-refractivity contribution in [2.24, 2.45) is 0 Å². The molecule has 2 saturated heterocycles. The van der Waals surface area contributed by atoms with E-state index in [1.54, 1.807) is 0 Å². The Morgan fingerprint density at radius 1 is 1.56 bits per heavy atom. The molecular weight excluding hydrogens is 138 g/mol. The minimum Gasteiger partial charge on any atom is -0.300 e. The van der Waals surface area contributed by atoms with Crippen molar-refractivity contribution in [1.29, 1.82) is 0 Å². The summed E-state index contributed by atoms with van der Waals surface area (Å²) in [6.45, 7) is 0.757. The van der Waals surface area contributed by atoms with Crippen LogP contribution in [0.3, 0.4) is 0 Å². The average molecular weight is 147 g/mol. The fourth-order valence-electron chi connectivity index (χ4n) is 1.51. The predicted octanol–water partition coefficient (Wildman–Crippen LogP) is -0.903. The third-order valence-electron chi connectivity index (χ3n) is 2.33. The molecule has 0 bridgehead atoms. The lowest BCUT2D eigenvalue weighted by atomic mass is 10.1. The Hall–Kier alpha value is -0.0900. The van der Waals surface area contributed by atoms with Crippen LogP contribution in [-0.2, 0) is 9.84 Å². The minimum atomic E-state index is -2.60. The van der Waals surface area contributed by atoms with E-state index in [-0.39, 0.29) is 5.25 Å². The van der Waals surface area contributed by atoms with E-state index in [1.165, 1.54) is 0 Å². The van der Waals surface area contributed by atoms with Crippen molar-refractivity contribution in [2.45, 2.75) is 11.3 Å². The quantitative estimate of drug-likeness (QED) is 0.445. The summed E-state index contributed by atoms with van der Waals surface area (Å²) in [4.78, 5) is 2.09. The van der Waals surface area contributed by atoms with Gasteiger partial charge in [0, 0.05) is 12.6 Å². The molecule has 0 N–H and O–H groups in total. The second-order valence-electron chi connectivity index (χ2n) is 2.87. The number of fused-ring (bicyclic) bond motifs is 1. The van der Waals surface area contributed by atoms with Crippen LogP contribution in [0.1, 0.15) is 0 Å². The van der Waals surface area contributed by atoms with Crippen molar-refractivity contribution in [3.63, 3.8) is 0 Å². The Kier molecular flexibility index (Phi) is 0.833. The molecule has 0 aliphatic carbocycles. The smallest absolute Gasteiger partial charge is 0.157 e. The van der Waals surface area contributed by atoms with Gasteiger partial charge >= 0.3 is 0 Å². The van der Waals surface area contributed by atoms with E-state index >= 15 is 0 Å². The molecule has 52 valence electrons. The molecule has 0 aromatic carbocycles. The Morgan fingerprint density at radius 2 is 2.22 bits per heavy atom. The second kappa shape index (κ2) is 1.32. The molecule has 0 spiro atoms. The lowest BCUT2D eigenvalue weighted by Crippen LogP contribution is -2.72. The Labute approximate surface area is 54.6 Å². The summed E-state index contributed by atoms with van der Waals surface area (Å²) in [5.41, 5.74) is 0. The highest BCUT2D eigenvalue weighted by atomic mass is 32.2. The number of hydrogen-bond acceptors (Lipinski definition) is 3. The second-order valence-corrected chi connectivity index (χ2v) is 5.14. The zero-order valence-electron chi connectivity index (χ0n) is 5.24. The maximum Gasteiger partial charge on any atom is 0.157 e. The number of sulfone groups is 1. The molecule has 2 aliphatic heterocycles. The van der Waals surface area contributed by atoms with E-state index in [4.69, 9.17) is 0 Å². The first-order valence-corrected chi connectivity index (χ1v) is 4.74. The summed E-state index contributed by atoms with van der Waals surface area (Å²) in [6, 6.07) is 0.370. The molecular formula is C5H9NO2S. The maximum absolute atomic E-state index is 10.8. The normalized spacial score (nSPS) is 46.8. The summed E-state index contributed by atoms with van der Waals surface area (Å²) >= 11 is 0. The van der Waals surface area contributed by atoms with Gasteiger partial charge in [-0.1, -0.05) is 0 Å². The fraction of sp³-hybridized carbons (Fsp3) is 1.00. The van der Waals surface area contributed by atoms with Crippen LogP contribution >= 0.6 is 0 Å². The number of likely N-dealkylation sites (tertiary alicyclic amines) is 1. The highest BCUT2D eigenvalue weighted by Crippen LogP contribution is 2.34. The Morgan fingerprint density at radius 3 is 2.33 bits per heavy atom. The van der Waals surface area contributed by atoms with Crippen LogP contribution in [0, 0.1) is 0 Å². The van der Waals surface area contributed by atoms with Gasteiger partial charge < -0.3 is 0 Å². The monoisotopic (exact) mass is 147 g/mol. The standard InChI is InChI=1S/C5H9NO2S/c1-6-2-5-4(6)3-9(5,7)8/h4-5H,2-3H2,1H3. The molecule has 2 aliphatic rings. The molecule has 3 nitrogen and oxygen atoms in total. The van der Waals surface area contributed by atoms with E-state index in [2.05, 4.69) is 4.90 Å². The van der Waals surface area contributed by atoms with Gasteiger partial charge in [0.15, 0.2) is 9.84 Å². The molecule has 0 aromatic rings. The van der Waals surface area contributed by atoms with Gasteiger partial charge in [-0.15, -0.1) is 0 Å². The fourth-order valence-corrected chi connectivity index (χ4v) is 3.61. The van der Waals surface area contributed by atoms with Gasteiger partial charge in [0.1, 0.15) is 0 Å². The lowest BCUT2D eigenvalue weighted by molar-refractivity contribution is 0.127. The van der Waals surface area contributed by atoms with Crippen LogP contribution in [0.2, 0.25) is 0 Å². The summed E-state index contributed by atoms with van der Waals surface area (Å²) in [5, 5.41) is 0.00231. The van der Waals surface area contributed by atoms with Gasteiger partial charge in [0.2, 0.25) is 0 Å². The van der Waals surface area contributed by atoms with Crippen LogP contribution in [0.5, 0.6) is 0 Å². The van der Waals surface area contributed by atoms with Gasteiger partial charge in [-0.25, -0.2) is 8.42 Å². The first kappa shape index (κ1) is 5.68. The van der Waals surface area contributed by atoms with Crippen LogP contribution in [0.4, 0.5) is 0 Å². The van der Waals surface area contributed by atoms with Crippen LogP contribution in [0.15, 0.2) is 0 Å². The Balaban J connectivity index is 2.19. The minimum absolute atomic E-state index is 0.00231. The Bertz CT molecular complexity index is 233. The summed E-state index contributed by atoms with van der Waals surface area (Å²) < 4.78 is 21.6. The molecule has 2 rings (SSSR count). The largest absolute Gasteiger partial charge is 0.300 e. The SMILES string of the molecule is CN1CC2C1CS2(=O)=O. The third kappa shape index (κ3) is 0.526. The molecule has 2 fully saturated rings. The molecule has 0 aromatic heterocycles. The van der Waals surface area contributed by atoms with Crippen LogP contribution < -0.4 is 0 Å². The predicted molar refractivity (Wildman–Crippen MR) is 34.0 cm³/mol. The first-order valence-electron chi connectivity index (χ1n) is 3.03. The van der Waals surface area contributed by atoms with Crippen LogP contribution in [0.25, 0.3) is 0 Å². The molecule has 4 heteroatoms. The summed E-state index contributed by atoms with van der Waals surface area (Å²) in [6.07, 6.45) is 0. The molecule has 2 unspecified atom stereocenters. The van der Waals surface area contributed by atoms with Crippen molar-refractivity contribution in [2.75, 3.05) is 19.3 Å². The number of nitrogens with zero attached hydrogens (tertiary/aromatic N) is 1. The van der Waals surface area contributed by atoms with Gasteiger partial charge in [0.25, 0.3) is 0 Å². The topological polar surface area (TPSA) is 37.4 Å². The third-order valence-corrected chi connectivity index (χ3v) is 4.52. The van der Waals surface area contributed by atoms with Crippen molar-refractivity contribution in [3.05, 3.63) is 0 Å². The number of hydrogen-bond donors (Lipinski definition) is 0. The summed E-state index contributed by atoms with van der Waals surface area (Å²) in [7, 11) is -0.629. The van der Waals surface area contributed by atoms with E-state index in [0.29, 0.717) is 11.8 Å². The van der Waals surface area contributed by atoms with Gasteiger partial charge in [-0.2, -0.15) is 0 Å². The van der Waals surface area contributed by atoms with Crippen molar-refractivity contribution in [3.8, 4) is 0 Å². The van der Waals surface area contributed by atoms with Gasteiger partial charge in [0.05, 0.1) is 11.0 Å². The van der Waals surface area contributed by atoms with Crippen molar-refractivity contribution < 1.29 is 8.42 Å². The number of rotatable bonds is 0. The highest BCUT2D eigenvalue weighted by molar-refractivity contribution is 7.93. The molecule has 0 amide bonds. The molecule has 0 radical (unpaired) electrons. The average Bonchev–Trinajstić information content (AvgIpc) is 1.78. The van der Waals surface area contributed by atoms with Crippen molar-refractivity contribution >= 4 is 9.84 Å². The van der Waals surface area contributed by atoms with E-state index < -0.39 is 9.84 Å². The summed E-state index contributed by atoms with van der Waals surface area (Å²) in [5.74, 6) is 0.397. The molecule has 0 saturated carbocycles. The van der Waals surface area contributed by atoms with Crippen LogP contribution in [-0.4, -0.2) is 44.0 Å². The first-order chi connectivity index (χ1) is 4.11.